The summed E-state index contributed by atoms with van der Waals surface area (Å²) >= 11 is 0. The van der Waals surface area contributed by atoms with Crippen LogP contribution in [0.2, 0.25) is 0 Å². The van der Waals surface area contributed by atoms with Crippen molar-refractivity contribution >= 4 is 5.97 Å². The molecule has 1 aromatic heterocycles. The van der Waals surface area contributed by atoms with Gasteiger partial charge in [-0.3, -0.25) is 14.2 Å². The topological polar surface area (TPSA) is 70.4 Å². The van der Waals surface area contributed by atoms with Crippen LogP contribution >= 0.6 is 0 Å². The van der Waals surface area contributed by atoms with Crippen LogP contribution in [0.5, 0.6) is 11.5 Å². The molecule has 3 rings (SSSR count). The largest absolute Gasteiger partial charge is 0.490 e. The fourth-order valence-corrected chi connectivity index (χ4v) is 3.04. The molecular formula is C19H22N2O4. The average molecular weight is 342 g/mol. The van der Waals surface area contributed by atoms with Gasteiger partial charge in [-0.2, -0.15) is 0 Å². The summed E-state index contributed by atoms with van der Waals surface area (Å²) in [4.78, 5) is 28.4. The van der Waals surface area contributed by atoms with Gasteiger partial charge in [-0.25, -0.2) is 4.98 Å². The number of hydrogen-bond acceptors (Lipinski definition) is 5. The van der Waals surface area contributed by atoms with Gasteiger partial charge in [0, 0.05) is 31.5 Å². The molecule has 6 heteroatoms. The fraction of sp³-hybridized carbons (Fsp3) is 0.421. The molecule has 25 heavy (non-hydrogen) atoms. The molecule has 0 unspecified atom stereocenters. The van der Waals surface area contributed by atoms with Crippen molar-refractivity contribution in [1.29, 1.82) is 0 Å². The Balaban J connectivity index is 2.02. The lowest BCUT2D eigenvalue weighted by Gasteiger charge is -2.13. The number of esters is 1. The van der Waals surface area contributed by atoms with E-state index in [1.165, 1.54) is 6.92 Å². The van der Waals surface area contributed by atoms with Crippen LogP contribution in [0.1, 0.15) is 38.9 Å². The molecule has 0 aliphatic carbocycles. The molecule has 0 amide bonds. The Morgan fingerprint density at radius 3 is 2.80 bits per heavy atom. The number of rotatable bonds is 4. The molecule has 0 fully saturated rings. The van der Waals surface area contributed by atoms with Gasteiger partial charge in [-0.15, -0.1) is 0 Å². The van der Waals surface area contributed by atoms with Gasteiger partial charge >= 0.3 is 5.97 Å². The number of nitrogens with zero attached hydrogens (tertiary/aromatic N) is 2. The van der Waals surface area contributed by atoms with Crippen molar-refractivity contribution < 1.29 is 14.3 Å². The van der Waals surface area contributed by atoms with Crippen molar-refractivity contribution in [3.05, 3.63) is 40.4 Å². The number of benzene rings is 1. The zero-order valence-electron chi connectivity index (χ0n) is 14.6. The zero-order chi connectivity index (χ0) is 17.8. The van der Waals surface area contributed by atoms with Crippen LogP contribution < -0.4 is 15.0 Å². The molecule has 1 aliphatic heterocycles. The number of ether oxygens (including phenoxy) is 2. The van der Waals surface area contributed by atoms with E-state index in [9.17, 15) is 9.59 Å². The smallest absolute Gasteiger partial charge is 0.308 e. The summed E-state index contributed by atoms with van der Waals surface area (Å²) in [6, 6.07) is 6.78. The minimum atomic E-state index is -0.407. The standard InChI is InChI=1S/C19H22N2O4/c1-3-24-17-11-14(8-9-16(17)25-13(2)22)15-12-19(23)21-10-6-4-5-7-18(21)20-15/h8-9,11-12H,3-7,10H2,1-2H3. The van der Waals surface area contributed by atoms with Crippen molar-refractivity contribution in [2.24, 2.45) is 0 Å². The van der Waals surface area contributed by atoms with E-state index in [-0.39, 0.29) is 5.56 Å². The van der Waals surface area contributed by atoms with Crippen molar-refractivity contribution in [2.75, 3.05) is 6.61 Å². The summed E-state index contributed by atoms with van der Waals surface area (Å²) in [6.45, 7) is 4.38. The lowest BCUT2D eigenvalue weighted by Crippen LogP contribution is -2.23. The minimum Gasteiger partial charge on any atom is -0.490 e. The van der Waals surface area contributed by atoms with Crippen LogP contribution in [0, 0.1) is 0 Å². The average Bonchev–Trinajstić information content (AvgIpc) is 2.82. The second-order valence-corrected chi connectivity index (χ2v) is 6.05. The summed E-state index contributed by atoms with van der Waals surface area (Å²) in [6.07, 6.45) is 3.99. The SMILES string of the molecule is CCOc1cc(-c2cc(=O)n3c(n2)CCCCC3)ccc1OC(C)=O. The van der Waals surface area contributed by atoms with Crippen LogP contribution in [0.25, 0.3) is 11.3 Å². The second kappa shape index (κ2) is 7.51. The molecule has 0 saturated heterocycles. The van der Waals surface area contributed by atoms with Gasteiger partial charge in [0.1, 0.15) is 5.82 Å². The third kappa shape index (κ3) is 3.90. The predicted molar refractivity (Wildman–Crippen MR) is 94.0 cm³/mol. The summed E-state index contributed by atoms with van der Waals surface area (Å²) in [7, 11) is 0. The fourth-order valence-electron chi connectivity index (χ4n) is 3.04. The van der Waals surface area contributed by atoms with E-state index in [1.807, 2.05) is 6.92 Å². The highest BCUT2D eigenvalue weighted by Crippen LogP contribution is 2.32. The number of aryl methyl sites for hydroxylation is 1. The van der Waals surface area contributed by atoms with Crippen LogP contribution in [0.4, 0.5) is 0 Å². The van der Waals surface area contributed by atoms with E-state index >= 15 is 0 Å². The van der Waals surface area contributed by atoms with E-state index < -0.39 is 5.97 Å². The van der Waals surface area contributed by atoms with Gasteiger partial charge in [0.25, 0.3) is 5.56 Å². The number of aromatic nitrogens is 2. The number of fused-ring (bicyclic) bond motifs is 1. The molecular weight excluding hydrogens is 320 g/mol. The first-order valence-electron chi connectivity index (χ1n) is 8.65. The summed E-state index contributed by atoms with van der Waals surface area (Å²) < 4.78 is 12.5. The predicted octanol–water partition coefficient (Wildman–Crippen LogP) is 2.96. The molecule has 0 atom stereocenters. The summed E-state index contributed by atoms with van der Waals surface area (Å²) in [5.41, 5.74) is 1.36. The van der Waals surface area contributed by atoms with Crippen molar-refractivity contribution in [3.8, 4) is 22.8 Å². The zero-order valence-corrected chi connectivity index (χ0v) is 14.6. The lowest BCUT2D eigenvalue weighted by molar-refractivity contribution is -0.132. The third-order valence-electron chi connectivity index (χ3n) is 4.16. The molecule has 0 spiro atoms. The quantitative estimate of drug-likeness (QED) is 0.631. The van der Waals surface area contributed by atoms with Crippen molar-refractivity contribution in [2.45, 2.75) is 46.1 Å². The molecule has 1 aliphatic rings. The highest BCUT2D eigenvalue weighted by Gasteiger charge is 2.15. The highest BCUT2D eigenvalue weighted by atomic mass is 16.6. The van der Waals surface area contributed by atoms with Crippen LogP contribution in [0.15, 0.2) is 29.1 Å². The highest BCUT2D eigenvalue weighted by molar-refractivity contribution is 5.72. The first-order valence-corrected chi connectivity index (χ1v) is 8.65. The van der Waals surface area contributed by atoms with Crippen LogP contribution in [0.3, 0.4) is 0 Å². The van der Waals surface area contributed by atoms with Crippen molar-refractivity contribution in [1.82, 2.24) is 9.55 Å². The monoisotopic (exact) mass is 342 g/mol. The van der Waals surface area contributed by atoms with E-state index in [4.69, 9.17) is 14.5 Å². The lowest BCUT2D eigenvalue weighted by atomic mass is 10.1. The maximum absolute atomic E-state index is 12.5. The molecule has 0 bridgehead atoms. The van der Waals surface area contributed by atoms with Gasteiger partial charge in [-0.1, -0.05) is 6.42 Å². The van der Waals surface area contributed by atoms with E-state index in [0.717, 1.165) is 43.6 Å². The molecule has 0 radical (unpaired) electrons. The Bertz CT molecular complexity index is 842. The molecule has 0 saturated carbocycles. The van der Waals surface area contributed by atoms with E-state index in [1.54, 1.807) is 28.8 Å². The Kier molecular flexibility index (Phi) is 5.16. The maximum Gasteiger partial charge on any atom is 0.308 e. The van der Waals surface area contributed by atoms with Gasteiger partial charge in [-0.05, 0) is 38.0 Å². The third-order valence-corrected chi connectivity index (χ3v) is 4.16. The second-order valence-electron chi connectivity index (χ2n) is 6.05. The first kappa shape index (κ1) is 17.2. The summed E-state index contributed by atoms with van der Waals surface area (Å²) in [5, 5.41) is 0. The van der Waals surface area contributed by atoms with E-state index in [2.05, 4.69) is 0 Å². The van der Waals surface area contributed by atoms with Gasteiger partial charge in [0.2, 0.25) is 0 Å². The summed E-state index contributed by atoms with van der Waals surface area (Å²) in [5.74, 6) is 1.26. The number of carbonyl (C=O) groups excluding carboxylic acids is 1. The normalized spacial score (nSPS) is 13.7. The Morgan fingerprint density at radius 2 is 2.04 bits per heavy atom. The molecule has 6 nitrogen and oxygen atoms in total. The Labute approximate surface area is 146 Å². The maximum atomic E-state index is 12.5. The van der Waals surface area contributed by atoms with Gasteiger partial charge < -0.3 is 9.47 Å². The van der Waals surface area contributed by atoms with Crippen LogP contribution in [-0.4, -0.2) is 22.1 Å². The molecule has 1 aromatic carbocycles. The van der Waals surface area contributed by atoms with Gasteiger partial charge in [0.15, 0.2) is 11.5 Å². The molecule has 2 aromatic rings. The first-order chi connectivity index (χ1) is 12.1. The molecule has 0 N–H and O–H groups in total. The Hall–Kier alpha value is -2.63. The molecule has 132 valence electrons. The minimum absolute atomic E-state index is 0.0241. The number of hydrogen-bond donors (Lipinski definition) is 0. The molecule has 2 heterocycles. The van der Waals surface area contributed by atoms with Crippen molar-refractivity contribution in [3.63, 3.8) is 0 Å². The van der Waals surface area contributed by atoms with Crippen LogP contribution in [-0.2, 0) is 17.8 Å². The van der Waals surface area contributed by atoms with Gasteiger partial charge in [0.05, 0.1) is 12.3 Å². The number of carbonyl (C=O) groups is 1. The van der Waals surface area contributed by atoms with E-state index in [0.29, 0.717) is 23.8 Å². The Morgan fingerprint density at radius 1 is 1.20 bits per heavy atom.